The summed E-state index contributed by atoms with van der Waals surface area (Å²) in [7, 11) is 1.28. The molecular formula is C43H41Cl2FN4O5. The number of halogens is 3. The van der Waals surface area contributed by atoms with Crippen LogP contribution >= 0.6 is 23.2 Å². The van der Waals surface area contributed by atoms with Crippen molar-refractivity contribution in [2.75, 3.05) is 12.4 Å². The van der Waals surface area contributed by atoms with E-state index in [1.54, 1.807) is 36.9 Å². The summed E-state index contributed by atoms with van der Waals surface area (Å²) in [5.41, 5.74) is 2.75. The molecule has 2 aromatic heterocycles. The number of hydrogen-bond donors (Lipinski definition) is 1. The summed E-state index contributed by atoms with van der Waals surface area (Å²) < 4.78 is 27.4. The van der Waals surface area contributed by atoms with Gasteiger partial charge in [-0.05, 0) is 54.3 Å². The van der Waals surface area contributed by atoms with Gasteiger partial charge in [-0.3, -0.25) is 19.4 Å². The van der Waals surface area contributed by atoms with E-state index in [2.05, 4.69) is 15.4 Å². The fraction of sp³-hybridized carbons (Fsp3) is 0.233. The SMILES string of the molecule is CCC(NC(=O)c1cncc2c1cnn2-c1ccc(F)cc1)C(=O)C[C@H](C(=O)OC)[C@@H](C)OC(c1ccccc1)(c1ccccc1)c1ccccc1.ClCCl. The Labute approximate surface area is 329 Å². The maximum absolute atomic E-state index is 14.0. The zero-order valence-electron chi connectivity index (χ0n) is 30.6. The van der Waals surface area contributed by atoms with E-state index < -0.39 is 35.5 Å². The highest BCUT2D eigenvalue weighted by Crippen LogP contribution is 2.42. The fourth-order valence-corrected chi connectivity index (χ4v) is 6.59. The lowest BCUT2D eigenvalue weighted by Crippen LogP contribution is -2.45. The number of aromatic nitrogens is 3. The second-order valence-electron chi connectivity index (χ2n) is 12.6. The van der Waals surface area contributed by atoms with E-state index in [1.807, 2.05) is 91.0 Å². The summed E-state index contributed by atoms with van der Waals surface area (Å²) in [6, 6.07) is 34.1. The number of benzene rings is 4. The lowest BCUT2D eigenvalue weighted by Gasteiger charge is -2.39. The molecule has 1 amide bonds. The number of amides is 1. The van der Waals surface area contributed by atoms with E-state index in [1.165, 1.54) is 31.6 Å². The van der Waals surface area contributed by atoms with Crippen molar-refractivity contribution in [3.8, 4) is 5.69 Å². The van der Waals surface area contributed by atoms with Crippen molar-refractivity contribution in [1.82, 2.24) is 20.1 Å². The summed E-state index contributed by atoms with van der Waals surface area (Å²) in [6.07, 6.45) is 3.71. The average molecular weight is 784 g/mol. The van der Waals surface area contributed by atoms with Gasteiger partial charge < -0.3 is 14.8 Å². The van der Waals surface area contributed by atoms with Crippen LogP contribution in [-0.4, -0.2) is 57.0 Å². The van der Waals surface area contributed by atoms with Crippen molar-refractivity contribution >= 4 is 51.8 Å². The number of Topliss-reactive ketones (excluding diaryl/α,β-unsaturated/α-hetero) is 1. The van der Waals surface area contributed by atoms with Crippen LogP contribution in [0.5, 0.6) is 0 Å². The van der Waals surface area contributed by atoms with Crippen LogP contribution in [0, 0.1) is 11.7 Å². The minimum absolute atomic E-state index is 0.194. The highest BCUT2D eigenvalue weighted by atomic mass is 35.5. The maximum atomic E-state index is 14.0. The third-order valence-corrected chi connectivity index (χ3v) is 9.31. The summed E-state index contributed by atoms with van der Waals surface area (Å²) in [6.45, 7) is 3.55. The zero-order chi connectivity index (χ0) is 39.4. The molecule has 2 heterocycles. The first kappa shape index (κ1) is 40.8. The molecule has 0 aliphatic heterocycles. The van der Waals surface area contributed by atoms with Crippen molar-refractivity contribution in [2.24, 2.45) is 5.92 Å². The summed E-state index contributed by atoms with van der Waals surface area (Å²) in [4.78, 5) is 45.4. The number of rotatable bonds is 14. The van der Waals surface area contributed by atoms with Crippen LogP contribution in [0.2, 0.25) is 0 Å². The van der Waals surface area contributed by atoms with Crippen LogP contribution in [0.15, 0.2) is 134 Å². The van der Waals surface area contributed by atoms with Crippen molar-refractivity contribution in [3.05, 3.63) is 162 Å². The van der Waals surface area contributed by atoms with Crippen LogP contribution in [0.3, 0.4) is 0 Å². The van der Waals surface area contributed by atoms with Gasteiger partial charge in [0.15, 0.2) is 5.78 Å². The Bertz CT molecular complexity index is 2070. The minimum atomic E-state index is -1.14. The maximum Gasteiger partial charge on any atom is 0.311 e. The topological polar surface area (TPSA) is 112 Å². The molecule has 12 heteroatoms. The molecule has 284 valence electrons. The Balaban J connectivity index is 0.00000187. The van der Waals surface area contributed by atoms with Crippen LogP contribution in [0.4, 0.5) is 4.39 Å². The first-order valence-electron chi connectivity index (χ1n) is 17.6. The van der Waals surface area contributed by atoms with Gasteiger partial charge in [-0.25, -0.2) is 9.07 Å². The van der Waals surface area contributed by atoms with Crippen LogP contribution in [-0.2, 0) is 24.7 Å². The van der Waals surface area contributed by atoms with Gasteiger partial charge in [0.25, 0.3) is 5.91 Å². The first-order valence-corrected chi connectivity index (χ1v) is 18.7. The molecule has 9 nitrogen and oxygen atoms in total. The van der Waals surface area contributed by atoms with Gasteiger partial charge in [0.05, 0.1) is 59.7 Å². The number of nitrogens with one attached hydrogen (secondary N) is 1. The molecule has 1 unspecified atom stereocenters. The van der Waals surface area contributed by atoms with Gasteiger partial charge in [0, 0.05) is 18.0 Å². The van der Waals surface area contributed by atoms with E-state index in [0.717, 1.165) is 16.7 Å². The quantitative estimate of drug-likeness (QED) is 0.0669. The number of methoxy groups -OCH3 is 1. The normalized spacial score (nSPS) is 12.8. The molecular weight excluding hydrogens is 742 g/mol. The van der Waals surface area contributed by atoms with Gasteiger partial charge in [-0.1, -0.05) is 97.9 Å². The number of pyridine rings is 1. The standard InChI is InChI=1S/C42H39FN4O5.CH2Cl2/c1-4-37(46-40(49)36-25-44-27-38-35(36)26-45-47(38)33-22-20-32(43)21-23-33)39(48)24-34(41(50)51-3)28(2)52-42(29-14-8-5-9-15-29,30-16-10-6-11-17-30)31-18-12-7-13-19-31;2-1-3/h5-23,25-28,34,37H,4,24H2,1-3H3,(H,46,49);1H2/t28-,34+,37?;/m1./s1. The number of hydrogen-bond acceptors (Lipinski definition) is 7. The largest absolute Gasteiger partial charge is 0.469 e. The Morgan fingerprint density at radius 3 is 1.84 bits per heavy atom. The van der Waals surface area contributed by atoms with Gasteiger partial charge in [-0.2, -0.15) is 5.10 Å². The monoisotopic (exact) mass is 782 g/mol. The summed E-state index contributed by atoms with van der Waals surface area (Å²) in [5, 5.41) is 7.95. The molecule has 1 N–H and O–H groups in total. The third kappa shape index (κ3) is 9.28. The molecule has 0 saturated heterocycles. The smallest absolute Gasteiger partial charge is 0.311 e. The minimum Gasteiger partial charge on any atom is -0.469 e. The molecule has 0 spiro atoms. The number of carbonyl (C=O) groups excluding carboxylic acids is 3. The Hall–Kier alpha value is -5.42. The van der Waals surface area contributed by atoms with Crippen molar-refractivity contribution < 1.29 is 28.2 Å². The average Bonchev–Trinajstić information content (AvgIpc) is 3.66. The van der Waals surface area contributed by atoms with Crippen molar-refractivity contribution in [3.63, 3.8) is 0 Å². The predicted molar refractivity (Wildman–Crippen MR) is 212 cm³/mol. The fourth-order valence-electron chi connectivity index (χ4n) is 6.59. The van der Waals surface area contributed by atoms with E-state index in [9.17, 15) is 18.8 Å². The second kappa shape index (κ2) is 19.3. The van der Waals surface area contributed by atoms with Crippen LogP contribution in [0.25, 0.3) is 16.6 Å². The molecule has 0 radical (unpaired) electrons. The molecule has 0 fully saturated rings. The Kier molecular flexibility index (Phi) is 14.3. The van der Waals surface area contributed by atoms with Crippen molar-refractivity contribution in [1.29, 1.82) is 0 Å². The Morgan fingerprint density at radius 2 is 1.35 bits per heavy atom. The molecule has 6 rings (SSSR count). The van der Waals surface area contributed by atoms with E-state index >= 15 is 0 Å². The molecule has 0 aliphatic rings. The van der Waals surface area contributed by atoms with Gasteiger partial charge in [-0.15, -0.1) is 23.2 Å². The second-order valence-corrected chi connectivity index (χ2v) is 13.4. The number of nitrogens with zero attached hydrogens (tertiary/aromatic N) is 3. The highest BCUT2D eigenvalue weighted by molar-refractivity contribution is 6.40. The third-order valence-electron chi connectivity index (χ3n) is 9.31. The van der Waals surface area contributed by atoms with E-state index in [-0.39, 0.29) is 35.3 Å². The molecule has 55 heavy (non-hydrogen) atoms. The highest BCUT2D eigenvalue weighted by Gasteiger charge is 2.43. The molecule has 6 aromatic rings. The van der Waals surface area contributed by atoms with E-state index in [4.69, 9.17) is 32.7 Å². The molecule has 4 aromatic carbocycles. The van der Waals surface area contributed by atoms with Crippen LogP contribution < -0.4 is 5.32 Å². The predicted octanol–water partition coefficient (Wildman–Crippen LogP) is 8.64. The molecule has 0 saturated carbocycles. The number of esters is 1. The number of alkyl halides is 2. The number of fused-ring (bicyclic) bond motifs is 1. The number of ether oxygens (including phenoxy) is 2. The van der Waals surface area contributed by atoms with Crippen LogP contribution in [0.1, 0.15) is 53.7 Å². The first-order chi connectivity index (χ1) is 26.7. The lowest BCUT2D eigenvalue weighted by molar-refractivity contribution is -0.157. The van der Waals surface area contributed by atoms with Gasteiger partial charge in [0.1, 0.15) is 11.4 Å². The summed E-state index contributed by atoms with van der Waals surface area (Å²) in [5.74, 6) is -2.86. The lowest BCUT2D eigenvalue weighted by atomic mass is 9.79. The molecule has 0 aliphatic carbocycles. The number of ketones is 1. The van der Waals surface area contributed by atoms with E-state index in [0.29, 0.717) is 16.6 Å². The van der Waals surface area contributed by atoms with Crippen molar-refractivity contribution in [2.45, 2.75) is 44.4 Å². The number of carbonyl (C=O) groups is 3. The molecule has 3 atom stereocenters. The Morgan fingerprint density at radius 1 is 0.818 bits per heavy atom. The zero-order valence-corrected chi connectivity index (χ0v) is 32.1. The molecule has 0 bridgehead atoms. The van der Waals surface area contributed by atoms with Gasteiger partial charge >= 0.3 is 5.97 Å². The summed E-state index contributed by atoms with van der Waals surface area (Å²) >= 11 is 9.53. The van der Waals surface area contributed by atoms with Gasteiger partial charge in [0.2, 0.25) is 0 Å².